The van der Waals surface area contributed by atoms with E-state index in [0.29, 0.717) is 35.3 Å². The molecule has 0 saturated carbocycles. The molecule has 3 heterocycles. The van der Waals surface area contributed by atoms with Crippen LogP contribution in [0, 0.1) is 0 Å². The third kappa shape index (κ3) is 5.06. The fourth-order valence-electron chi connectivity index (χ4n) is 4.03. The first kappa shape index (κ1) is 24.2. The Morgan fingerprint density at radius 3 is 2.30 bits per heavy atom. The number of hydrogen-bond acceptors (Lipinski definition) is 8. The molecule has 0 saturated heterocycles. The number of carboxylic acid groups (broad SMARTS) is 1. The summed E-state index contributed by atoms with van der Waals surface area (Å²) in [7, 11) is 0. The molecule has 1 unspecified atom stereocenters. The van der Waals surface area contributed by atoms with Crippen molar-refractivity contribution in [3.8, 4) is 0 Å². The van der Waals surface area contributed by atoms with Crippen LogP contribution in [0.1, 0.15) is 41.5 Å². The Hall–Kier alpha value is -4.55. The highest BCUT2D eigenvalue weighted by molar-refractivity contribution is 7.16. The van der Waals surface area contributed by atoms with E-state index in [-0.39, 0.29) is 35.0 Å². The van der Waals surface area contributed by atoms with Crippen molar-refractivity contribution in [2.45, 2.75) is 19.0 Å². The molecule has 2 aromatic carbocycles. The first-order valence-corrected chi connectivity index (χ1v) is 12.1. The summed E-state index contributed by atoms with van der Waals surface area (Å²) in [5.74, 6) is -1.72. The molecule has 0 fully saturated rings. The van der Waals surface area contributed by atoms with Gasteiger partial charge < -0.3 is 21.1 Å². The van der Waals surface area contributed by atoms with Gasteiger partial charge >= 0.3 is 17.1 Å². The molecule has 188 valence electrons. The average molecular weight is 520 g/mol. The van der Waals surface area contributed by atoms with Gasteiger partial charge in [-0.15, -0.1) is 11.3 Å². The number of nitrogens with zero attached hydrogens (tertiary/aromatic N) is 1. The minimum absolute atomic E-state index is 0.0264. The number of thiophene rings is 1. The summed E-state index contributed by atoms with van der Waals surface area (Å²) in [6.45, 7) is 0.645. The average Bonchev–Trinajstić information content (AvgIpc) is 3.29. The van der Waals surface area contributed by atoms with Crippen molar-refractivity contribution >= 4 is 39.8 Å². The van der Waals surface area contributed by atoms with Crippen LogP contribution in [0.3, 0.4) is 0 Å². The molecule has 4 aromatic rings. The maximum Gasteiger partial charge on any atom is 0.340 e. The molecule has 0 bridgehead atoms. The zero-order valence-corrected chi connectivity index (χ0v) is 20.1. The maximum absolute atomic E-state index is 12.7. The van der Waals surface area contributed by atoms with Crippen LogP contribution in [0.2, 0.25) is 0 Å². The third-order valence-corrected chi connectivity index (χ3v) is 7.15. The molecule has 1 aliphatic rings. The minimum Gasteiger partial charge on any atom is -0.478 e. The molecule has 37 heavy (non-hydrogen) atoms. The van der Waals surface area contributed by atoms with Gasteiger partial charge in [-0.3, -0.25) is 24.6 Å². The van der Waals surface area contributed by atoms with Gasteiger partial charge in [0.15, 0.2) is 0 Å². The van der Waals surface area contributed by atoms with Crippen molar-refractivity contribution in [3.63, 3.8) is 0 Å². The number of carbonyl (C=O) groups is 3. The van der Waals surface area contributed by atoms with Gasteiger partial charge in [-0.05, 0) is 48.4 Å². The van der Waals surface area contributed by atoms with Crippen LogP contribution in [0.15, 0.2) is 64.2 Å². The lowest BCUT2D eigenvalue weighted by molar-refractivity contribution is 0.0696. The summed E-state index contributed by atoms with van der Waals surface area (Å²) in [5.41, 5.74) is 3.28. The second kappa shape index (κ2) is 9.84. The van der Waals surface area contributed by atoms with E-state index in [1.54, 1.807) is 48.5 Å². The Bertz CT molecular complexity index is 1540. The second-order valence-corrected chi connectivity index (χ2v) is 9.57. The van der Waals surface area contributed by atoms with Gasteiger partial charge in [-0.25, -0.2) is 4.79 Å². The van der Waals surface area contributed by atoms with Gasteiger partial charge in [-0.1, -0.05) is 18.2 Å². The molecule has 12 heteroatoms. The van der Waals surface area contributed by atoms with Crippen molar-refractivity contribution < 1.29 is 19.5 Å². The van der Waals surface area contributed by atoms with E-state index < -0.39 is 17.1 Å². The molecule has 5 rings (SSSR count). The molecule has 5 N–H and O–H groups in total. The lowest BCUT2D eigenvalue weighted by Gasteiger charge is -2.24. The number of carboxylic acids is 1. The number of carbonyl (C=O) groups excluding carboxylic acids is 2. The molecule has 0 aliphatic carbocycles. The third-order valence-electron chi connectivity index (χ3n) is 6.01. The van der Waals surface area contributed by atoms with Gasteiger partial charge in [0.25, 0.3) is 11.8 Å². The SMILES string of the molecule is O=C(NCC1Cc2c(sc(Nn3c(=O)c3=O)c2C(=O)O)CN1)c1ccc(NC(=O)c2ccccc2)cc1. The lowest BCUT2D eigenvalue weighted by Crippen LogP contribution is -2.44. The molecule has 0 spiro atoms. The van der Waals surface area contributed by atoms with Gasteiger partial charge in [0.05, 0.1) is 5.56 Å². The number of fused-ring (bicyclic) bond motifs is 1. The molecule has 1 aliphatic heterocycles. The van der Waals surface area contributed by atoms with Crippen LogP contribution >= 0.6 is 11.3 Å². The van der Waals surface area contributed by atoms with Crippen LogP contribution in [-0.2, 0) is 13.0 Å². The van der Waals surface area contributed by atoms with Gasteiger partial charge in [0.2, 0.25) is 0 Å². The number of aromatic carboxylic acids is 1. The fourth-order valence-corrected chi connectivity index (χ4v) is 5.19. The number of hydrogen-bond donors (Lipinski definition) is 5. The predicted molar refractivity (Wildman–Crippen MR) is 137 cm³/mol. The summed E-state index contributed by atoms with van der Waals surface area (Å²) in [5, 5.41) is 18.9. The second-order valence-electron chi connectivity index (χ2n) is 8.46. The number of nitrogens with one attached hydrogen (secondary N) is 4. The normalized spacial score (nSPS) is 14.6. The van der Waals surface area contributed by atoms with Crippen molar-refractivity contribution in [3.05, 3.63) is 102 Å². The van der Waals surface area contributed by atoms with E-state index in [2.05, 4.69) is 21.4 Å². The van der Waals surface area contributed by atoms with E-state index in [1.165, 1.54) is 11.3 Å². The Labute approximate surface area is 213 Å². The standard InChI is InChI=1S/C25H21N5O6S/c31-20(14-6-8-15(9-7-14)28-21(32)13-4-2-1-3-5-13)27-11-16-10-17-18(12-26-16)37-22(19(17)25(35)36)29-30-23(33)24(30)34/h1-9,16,26,29H,10-12H2,(H,27,31)(H,28,32)(H,35,36). The summed E-state index contributed by atoms with van der Waals surface area (Å²) in [4.78, 5) is 60.2. The zero-order valence-electron chi connectivity index (χ0n) is 19.2. The first-order chi connectivity index (χ1) is 17.8. The Morgan fingerprint density at radius 1 is 0.973 bits per heavy atom. The van der Waals surface area contributed by atoms with E-state index in [1.807, 2.05) is 6.07 Å². The highest BCUT2D eigenvalue weighted by atomic mass is 32.1. The highest BCUT2D eigenvalue weighted by Gasteiger charge is 2.30. The quantitative estimate of drug-likeness (QED) is 0.219. The van der Waals surface area contributed by atoms with E-state index in [9.17, 15) is 29.1 Å². The van der Waals surface area contributed by atoms with Crippen molar-refractivity contribution in [1.29, 1.82) is 0 Å². The molecule has 0 radical (unpaired) electrons. The molecule has 2 aromatic heterocycles. The zero-order chi connectivity index (χ0) is 26.1. The van der Waals surface area contributed by atoms with Crippen LogP contribution in [0.5, 0.6) is 0 Å². The molecule has 2 amide bonds. The largest absolute Gasteiger partial charge is 0.478 e. The van der Waals surface area contributed by atoms with E-state index in [4.69, 9.17) is 0 Å². The van der Waals surface area contributed by atoms with E-state index in [0.717, 1.165) is 9.55 Å². The first-order valence-electron chi connectivity index (χ1n) is 11.3. The van der Waals surface area contributed by atoms with Crippen LogP contribution in [-0.4, -0.2) is 40.2 Å². The van der Waals surface area contributed by atoms with Gasteiger partial charge in [0, 0.05) is 40.8 Å². The maximum atomic E-state index is 12.7. The molecular weight excluding hydrogens is 498 g/mol. The van der Waals surface area contributed by atoms with Crippen LogP contribution < -0.4 is 32.5 Å². The summed E-state index contributed by atoms with van der Waals surface area (Å²) in [6.07, 6.45) is 0.349. The highest BCUT2D eigenvalue weighted by Crippen LogP contribution is 2.36. The van der Waals surface area contributed by atoms with Crippen molar-refractivity contribution in [2.75, 3.05) is 17.3 Å². The van der Waals surface area contributed by atoms with Crippen LogP contribution in [0.25, 0.3) is 0 Å². The van der Waals surface area contributed by atoms with Crippen LogP contribution in [0.4, 0.5) is 10.7 Å². The fraction of sp³-hybridized carbons (Fsp3) is 0.160. The lowest BCUT2D eigenvalue weighted by atomic mass is 9.98. The minimum atomic E-state index is -1.16. The smallest absolute Gasteiger partial charge is 0.340 e. The number of amides is 2. The predicted octanol–water partition coefficient (Wildman–Crippen LogP) is 1.42. The van der Waals surface area contributed by atoms with Crippen molar-refractivity contribution in [1.82, 2.24) is 15.3 Å². The monoisotopic (exact) mass is 519 g/mol. The van der Waals surface area contributed by atoms with Gasteiger partial charge in [-0.2, -0.15) is 4.68 Å². The topological polar surface area (TPSA) is 159 Å². The summed E-state index contributed by atoms with van der Waals surface area (Å²) in [6, 6.07) is 15.1. The summed E-state index contributed by atoms with van der Waals surface area (Å²) < 4.78 is 0.771. The van der Waals surface area contributed by atoms with Gasteiger partial charge in [0.1, 0.15) is 5.00 Å². The molecular formula is C25H21N5O6S. The Morgan fingerprint density at radius 2 is 1.65 bits per heavy atom. The number of aromatic nitrogens is 1. The van der Waals surface area contributed by atoms with E-state index >= 15 is 0 Å². The van der Waals surface area contributed by atoms with Crippen molar-refractivity contribution in [2.24, 2.45) is 0 Å². The Kier molecular flexibility index (Phi) is 6.42. The number of anilines is 2. The Balaban J connectivity index is 1.19. The summed E-state index contributed by atoms with van der Waals surface area (Å²) >= 11 is 1.17. The molecule has 11 nitrogen and oxygen atoms in total. The number of rotatable bonds is 8. The number of benzene rings is 2. The molecule has 1 atom stereocenters.